The van der Waals surface area contributed by atoms with Gasteiger partial charge >= 0.3 is 0 Å². The fourth-order valence-electron chi connectivity index (χ4n) is 4.68. The smallest absolute Gasteiger partial charge is 0.138 e. The summed E-state index contributed by atoms with van der Waals surface area (Å²) in [6, 6.07) is 8.31. The van der Waals surface area contributed by atoms with Crippen molar-refractivity contribution in [2.24, 2.45) is 11.8 Å². The van der Waals surface area contributed by atoms with Crippen molar-refractivity contribution in [3.05, 3.63) is 59.1 Å². The molecule has 0 saturated carbocycles. The van der Waals surface area contributed by atoms with Crippen LogP contribution in [0.15, 0.2) is 48.0 Å². The lowest BCUT2D eigenvalue weighted by Gasteiger charge is -2.46. The quantitative estimate of drug-likeness (QED) is 0.800. The summed E-state index contributed by atoms with van der Waals surface area (Å²) in [6.45, 7) is 2.67. The molecule has 3 nitrogen and oxygen atoms in total. The minimum absolute atomic E-state index is 0.0155. The number of likely N-dealkylation sites (tertiary alicyclic amines) is 1. The fourth-order valence-corrected chi connectivity index (χ4v) is 4.68. The number of nitrogens with zero attached hydrogens (tertiary/aromatic N) is 1. The molecular formula is C20H26BNO2. The first-order valence-electron chi connectivity index (χ1n) is 9.06. The third-order valence-corrected chi connectivity index (χ3v) is 6.08. The van der Waals surface area contributed by atoms with Crippen molar-refractivity contribution < 1.29 is 9.84 Å². The molecule has 1 aliphatic carbocycles. The zero-order chi connectivity index (χ0) is 16.7. The largest absolute Gasteiger partial charge is 0.384 e. The van der Waals surface area contributed by atoms with Crippen LogP contribution in [0.3, 0.4) is 0 Å². The number of benzene rings is 1. The van der Waals surface area contributed by atoms with E-state index in [1.807, 2.05) is 12.1 Å². The first-order valence-corrected chi connectivity index (χ1v) is 9.06. The molecule has 24 heavy (non-hydrogen) atoms. The number of rotatable bonds is 1. The van der Waals surface area contributed by atoms with Gasteiger partial charge in [0.25, 0.3) is 0 Å². The summed E-state index contributed by atoms with van der Waals surface area (Å²) in [4.78, 5) is 2.36. The van der Waals surface area contributed by atoms with E-state index in [9.17, 15) is 5.11 Å². The van der Waals surface area contributed by atoms with Crippen LogP contribution in [0, 0.1) is 11.8 Å². The molecule has 0 aromatic heterocycles. The number of allylic oxidation sites excluding steroid dienone is 2. The van der Waals surface area contributed by atoms with E-state index in [-0.39, 0.29) is 17.9 Å². The minimum atomic E-state index is -0.854. The van der Waals surface area contributed by atoms with Crippen LogP contribution in [0.5, 0.6) is 0 Å². The molecule has 3 atom stereocenters. The second kappa shape index (κ2) is 6.18. The summed E-state index contributed by atoms with van der Waals surface area (Å²) in [5.41, 5.74) is 2.57. The molecule has 0 radical (unpaired) electrons. The first kappa shape index (κ1) is 16.1. The topological polar surface area (TPSA) is 32.7 Å². The molecule has 1 saturated heterocycles. The van der Waals surface area contributed by atoms with E-state index in [4.69, 9.17) is 4.74 Å². The SMILES string of the molecule is BC1=CC2OCc3ccccc3C(O)(C3CCN(C)CC3)C2C=C1. The minimum Gasteiger partial charge on any atom is -0.384 e. The highest BCUT2D eigenvalue weighted by molar-refractivity contribution is 6.23. The summed E-state index contributed by atoms with van der Waals surface area (Å²) in [6.07, 6.45) is 8.50. The fraction of sp³-hybridized carbons (Fsp3) is 0.500. The number of piperidine rings is 1. The maximum absolute atomic E-state index is 12.1. The Morgan fingerprint density at radius 3 is 2.79 bits per heavy atom. The van der Waals surface area contributed by atoms with Gasteiger partial charge < -0.3 is 14.7 Å². The van der Waals surface area contributed by atoms with Gasteiger partial charge in [0.15, 0.2) is 0 Å². The van der Waals surface area contributed by atoms with E-state index in [1.165, 1.54) is 5.47 Å². The lowest BCUT2D eigenvalue weighted by atomic mass is 9.65. The van der Waals surface area contributed by atoms with Crippen LogP contribution in [-0.2, 0) is 16.9 Å². The number of fused-ring (bicyclic) bond motifs is 2. The van der Waals surface area contributed by atoms with Gasteiger partial charge in [-0.05, 0) is 50.0 Å². The standard InChI is InChI=1S/C20H26BNO2/c1-22-10-8-15(9-11-22)20(23)17-5-3-2-4-14(17)13-24-19-12-16(21)6-7-18(19)20/h2-7,12,15,18-19,23H,8-11,13,21H2,1H3. The lowest BCUT2D eigenvalue weighted by Crippen LogP contribution is -2.50. The van der Waals surface area contributed by atoms with Gasteiger partial charge in [0.1, 0.15) is 13.4 Å². The van der Waals surface area contributed by atoms with Crippen LogP contribution in [-0.4, -0.2) is 44.1 Å². The molecule has 3 aliphatic rings. The molecular weight excluding hydrogens is 297 g/mol. The van der Waals surface area contributed by atoms with E-state index >= 15 is 0 Å². The number of ether oxygens (including phenoxy) is 1. The van der Waals surface area contributed by atoms with E-state index in [2.05, 4.69) is 50.2 Å². The highest BCUT2D eigenvalue weighted by Crippen LogP contribution is 2.48. The molecule has 1 N–H and O–H groups in total. The molecule has 0 spiro atoms. The third kappa shape index (κ3) is 2.57. The van der Waals surface area contributed by atoms with Crippen LogP contribution >= 0.6 is 0 Å². The van der Waals surface area contributed by atoms with Gasteiger partial charge in [-0.1, -0.05) is 48.0 Å². The van der Waals surface area contributed by atoms with Gasteiger partial charge in [0.2, 0.25) is 0 Å². The second-order valence-corrected chi connectivity index (χ2v) is 7.63. The molecule has 2 aliphatic heterocycles. The normalized spacial score (nSPS) is 34.2. The van der Waals surface area contributed by atoms with Crippen LogP contribution in [0.1, 0.15) is 24.0 Å². The van der Waals surface area contributed by atoms with Crippen molar-refractivity contribution in [3.63, 3.8) is 0 Å². The van der Waals surface area contributed by atoms with Gasteiger partial charge in [-0.15, -0.1) is 0 Å². The van der Waals surface area contributed by atoms with Crippen LogP contribution in [0.2, 0.25) is 0 Å². The van der Waals surface area contributed by atoms with Gasteiger partial charge in [-0.25, -0.2) is 0 Å². The van der Waals surface area contributed by atoms with Crippen LogP contribution in [0.25, 0.3) is 0 Å². The molecule has 1 fully saturated rings. The maximum atomic E-state index is 12.1. The highest BCUT2D eigenvalue weighted by atomic mass is 16.5. The second-order valence-electron chi connectivity index (χ2n) is 7.63. The Bertz CT molecular complexity index is 678. The summed E-state index contributed by atoms with van der Waals surface area (Å²) >= 11 is 0. The van der Waals surface area contributed by atoms with Crippen LogP contribution < -0.4 is 0 Å². The Hall–Kier alpha value is -1.36. The Kier molecular flexibility index (Phi) is 4.15. The third-order valence-electron chi connectivity index (χ3n) is 6.08. The zero-order valence-corrected chi connectivity index (χ0v) is 14.6. The number of aliphatic hydroxyl groups is 1. The molecule has 0 amide bonds. The van der Waals surface area contributed by atoms with Crippen molar-refractivity contribution in [2.45, 2.75) is 31.2 Å². The first-order chi connectivity index (χ1) is 11.6. The average Bonchev–Trinajstić information content (AvgIpc) is 2.71. The Morgan fingerprint density at radius 2 is 2.00 bits per heavy atom. The van der Waals surface area contributed by atoms with E-state index in [0.717, 1.165) is 37.1 Å². The molecule has 0 bridgehead atoms. The summed E-state index contributed by atoms with van der Waals surface area (Å²) < 4.78 is 6.21. The molecule has 4 heteroatoms. The van der Waals surface area contributed by atoms with Crippen molar-refractivity contribution in [1.82, 2.24) is 4.90 Å². The molecule has 1 aromatic carbocycles. The van der Waals surface area contributed by atoms with Gasteiger partial charge in [-0.2, -0.15) is 0 Å². The average molecular weight is 323 g/mol. The lowest BCUT2D eigenvalue weighted by molar-refractivity contribution is -0.108. The van der Waals surface area contributed by atoms with Crippen molar-refractivity contribution in [1.29, 1.82) is 0 Å². The summed E-state index contributed by atoms with van der Waals surface area (Å²) in [7, 11) is 4.27. The zero-order valence-electron chi connectivity index (χ0n) is 14.6. The van der Waals surface area contributed by atoms with E-state index < -0.39 is 5.60 Å². The van der Waals surface area contributed by atoms with Gasteiger partial charge in [-0.3, -0.25) is 0 Å². The van der Waals surface area contributed by atoms with Crippen molar-refractivity contribution in [2.75, 3.05) is 20.1 Å². The predicted molar refractivity (Wildman–Crippen MR) is 98.4 cm³/mol. The predicted octanol–water partition coefficient (Wildman–Crippen LogP) is 1.82. The monoisotopic (exact) mass is 323 g/mol. The molecule has 1 aromatic rings. The van der Waals surface area contributed by atoms with E-state index in [1.54, 1.807) is 0 Å². The molecule has 4 rings (SSSR count). The van der Waals surface area contributed by atoms with Gasteiger partial charge in [0, 0.05) is 5.92 Å². The Balaban J connectivity index is 1.81. The Labute approximate surface area is 145 Å². The number of hydrogen-bond donors (Lipinski definition) is 1. The van der Waals surface area contributed by atoms with E-state index in [0.29, 0.717) is 6.61 Å². The van der Waals surface area contributed by atoms with Gasteiger partial charge in [0.05, 0.1) is 12.7 Å². The van der Waals surface area contributed by atoms with Crippen molar-refractivity contribution in [3.8, 4) is 0 Å². The molecule has 3 unspecified atom stereocenters. The summed E-state index contributed by atoms with van der Waals surface area (Å²) in [5.74, 6) is 0.249. The highest BCUT2D eigenvalue weighted by Gasteiger charge is 2.50. The maximum Gasteiger partial charge on any atom is 0.138 e. The van der Waals surface area contributed by atoms with Crippen LogP contribution in [0.4, 0.5) is 0 Å². The molecule has 2 heterocycles. The molecule has 126 valence electrons. The summed E-state index contributed by atoms with van der Waals surface area (Å²) in [5, 5.41) is 12.1. The number of hydrogen-bond acceptors (Lipinski definition) is 3. The Morgan fingerprint density at radius 1 is 1.25 bits per heavy atom. The van der Waals surface area contributed by atoms with Crippen molar-refractivity contribution >= 4 is 7.85 Å².